The topological polar surface area (TPSA) is 38.0 Å². The van der Waals surface area contributed by atoms with E-state index in [4.69, 9.17) is 5.84 Å². The summed E-state index contributed by atoms with van der Waals surface area (Å²) in [6.07, 6.45) is 0.999. The lowest BCUT2D eigenvalue weighted by atomic mass is 9.97. The first-order valence-corrected chi connectivity index (χ1v) is 5.37. The quantitative estimate of drug-likeness (QED) is 0.614. The van der Waals surface area contributed by atoms with Crippen molar-refractivity contribution in [2.45, 2.75) is 26.3 Å². The highest BCUT2D eigenvalue weighted by Gasteiger charge is 2.50. The highest BCUT2D eigenvalue weighted by Crippen LogP contribution is 2.57. The molecule has 1 aromatic rings. The first kappa shape index (κ1) is 11.5. The van der Waals surface area contributed by atoms with Crippen LogP contribution < -0.4 is 11.3 Å². The summed E-state index contributed by atoms with van der Waals surface area (Å²) in [6.45, 7) is 4.23. The number of nitrogens with two attached hydrogens (primary N) is 1. The van der Waals surface area contributed by atoms with Crippen LogP contribution in [0, 0.1) is 23.0 Å². The van der Waals surface area contributed by atoms with Crippen LogP contribution in [0.15, 0.2) is 18.2 Å². The molecule has 3 N–H and O–H groups in total. The van der Waals surface area contributed by atoms with Crippen LogP contribution in [0.1, 0.15) is 31.9 Å². The fourth-order valence-corrected chi connectivity index (χ4v) is 2.25. The van der Waals surface area contributed by atoms with E-state index in [1.807, 2.05) is 0 Å². The number of nitrogens with one attached hydrogen (secondary N) is 1. The number of hydrogen-bond donors (Lipinski definition) is 2. The average Bonchev–Trinajstić information content (AvgIpc) is 2.80. The Balaban J connectivity index is 2.28. The van der Waals surface area contributed by atoms with E-state index in [-0.39, 0.29) is 11.5 Å². The van der Waals surface area contributed by atoms with Crippen LogP contribution in [0.4, 0.5) is 8.78 Å². The third-order valence-electron chi connectivity index (χ3n) is 3.47. The second-order valence-corrected chi connectivity index (χ2v) is 5.11. The molecule has 1 saturated carbocycles. The van der Waals surface area contributed by atoms with Gasteiger partial charge in [0.15, 0.2) is 0 Å². The lowest BCUT2D eigenvalue weighted by Crippen LogP contribution is -2.31. The maximum atomic E-state index is 13.6. The molecule has 88 valence electrons. The Morgan fingerprint density at radius 1 is 1.44 bits per heavy atom. The molecule has 4 heteroatoms. The van der Waals surface area contributed by atoms with E-state index < -0.39 is 11.6 Å². The van der Waals surface area contributed by atoms with Crippen LogP contribution in [-0.4, -0.2) is 0 Å². The normalized spacial score (nSPS) is 24.2. The van der Waals surface area contributed by atoms with Crippen LogP contribution in [0.5, 0.6) is 0 Å². The van der Waals surface area contributed by atoms with Gasteiger partial charge in [-0.1, -0.05) is 19.9 Å². The third-order valence-corrected chi connectivity index (χ3v) is 3.47. The van der Waals surface area contributed by atoms with E-state index in [9.17, 15) is 8.78 Å². The van der Waals surface area contributed by atoms with Crippen LogP contribution in [0.2, 0.25) is 0 Å². The first-order valence-electron chi connectivity index (χ1n) is 5.37. The van der Waals surface area contributed by atoms with Gasteiger partial charge in [0, 0.05) is 11.6 Å². The maximum Gasteiger partial charge on any atom is 0.130 e. The van der Waals surface area contributed by atoms with Gasteiger partial charge in [0.05, 0.1) is 6.04 Å². The Labute approximate surface area is 93.8 Å². The minimum atomic E-state index is -0.563. The zero-order valence-corrected chi connectivity index (χ0v) is 9.43. The molecule has 1 aliphatic carbocycles. The highest BCUT2D eigenvalue weighted by molar-refractivity contribution is 5.25. The summed E-state index contributed by atoms with van der Waals surface area (Å²) < 4.78 is 26.4. The van der Waals surface area contributed by atoms with Crippen LogP contribution in [0.3, 0.4) is 0 Å². The van der Waals surface area contributed by atoms with Crippen molar-refractivity contribution in [1.29, 1.82) is 0 Å². The summed E-state index contributed by atoms with van der Waals surface area (Å²) in [5.41, 5.74) is 3.26. The molecule has 2 unspecified atom stereocenters. The molecule has 0 heterocycles. The Morgan fingerprint density at radius 3 is 2.50 bits per heavy atom. The minimum absolute atomic E-state index is 0.178. The minimum Gasteiger partial charge on any atom is -0.271 e. The lowest BCUT2D eigenvalue weighted by Gasteiger charge is -2.18. The van der Waals surface area contributed by atoms with Gasteiger partial charge in [0.25, 0.3) is 0 Å². The number of rotatable bonds is 3. The molecule has 0 bridgehead atoms. The SMILES string of the molecule is CC1(C)CC1C(NN)c1ccc(F)cc1F. The van der Waals surface area contributed by atoms with Crippen molar-refractivity contribution in [2.24, 2.45) is 17.2 Å². The van der Waals surface area contributed by atoms with Crippen molar-refractivity contribution < 1.29 is 8.78 Å². The molecule has 0 radical (unpaired) electrons. The number of hydrogen-bond acceptors (Lipinski definition) is 2. The van der Waals surface area contributed by atoms with E-state index in [2.05, 4.69) is 19.3 Å². The van der Waals surface area contributed by atoms with Gasteiger partial charge >= 0.3 is 0 Å². The Kier molecular flexibility index (Phi) is 2.72. The smallest absolute Gasteiger partial charge is 0.130 e. The van der Waals surface area contributed by atoms with Crippen molar-refractivity contribution in [3.05, 3.63) is 35.4 Å². The zero-order valence-electron chi connectivity index (χ0n) is 9.43. The number of benzene rings is 1. The molecule has 0 spiro atoms. The maximum absolute atomic E-state index is 13.6. The van der Waals surface area contributed by atoms with Crippen molar-refractivity contribution in [3.63, 3.8) is 0 Å². The predicted molar refractivity (Wildman–Crippen MR) is 58.3 cm³/mol. The van der Waals surface area contributed by atoms with Crippen molar-refractivity contribution in [3.8, 4) is 0 Å². The molecular formula is C12H16F2N2. The summed E-state index contributed by atoms with van der Waals surface area (Å²) in [6, 6.07) is 3.38. The second kappa shape index (κ2) is 3.79. The molecule has 2 rings (SSSR count). The van der Waals surface area contributed by atoms with Crippen molar-refractivity contribution >= 4 is 0 Å². The molecule has 16 heavy (non-hydrogen) atoms. The molecule has 1 aliphatic rings. The van der Waals surface area contributed by atoms with E-state index in [0.29, 0.717) is 11.5 Å². The second-order valence-electron chi connectivity index (χ2n) is 5.11. The third kappa shape index (κ3) is 1.95. The van der Waals surface area contributed by atoms with E-state index in [1.165, 1.54) is 12.1 Å². The predicted octanol–water partition coefficient (Wildman–Crippen LogP) is 2.52. The van der Waals surface area contributed by atoms with Gasteiger partial charge in [-0.2, -0.15) is 0 Å². The van der Waals surface area contributed by atoms with Gasteiger partial charge in [0.1, 0.15) is 11.6 Å². The molecule has 0 aromatic heterocycles. The lowest BCUT2D eigenvalue weighted by molar-refractivity contribution is 0.407. The summed E-state index contributed by atoms with van der Waals surface area (Å²) >= 11 is 0. The molecule has 2 nitrogen and oxygen atoms in total. The Bertz CT molecular complexity index is 404. The number of hydrazine groups is 1. The van der Waals surface area contributed by atoms with Gasteiger partial charge in [-0.05, 0) is 23.8 Å². The summed E-state index contributed by atoms with van der Waals surface area (Å²) in [4.78, 5) is 0. The first-order chi connectivity index (χ1) is 7.45. The fraction of sp³-hybridized carbons (Fsp3) is 0.500. The fourth-order valence-electron chi connectivity index (χ4n) is 2.25. The van der Waals surface area contributed by atoms with Crippen LogP contribution >= 0.6 is 0 Å². The molecule has 0 amide bonds. The molecule has 2 atom stereocenters. The molecule has 0 saturated heterocycles. The molecule has 0 aliphatic heterocycles. The molecule has 1 fully saturated rings. The summed E-state index contributed by atoms with van der Waals surface area (Å²) in [5.74, 6) is 4.67. The molecule has 1 aromatic carbocycles. The Morgan fingerprint density at radius 2 is 2.06 bits per heavy atom. The van der Waals surface area contributed by atoms with Gasteiger partial charge in [-0.3, -0.25) is 11.3 Å². The highest BCUT2D eigenvalue weighted by atomic mass is 19.1. The number of halogens is 2. The van der Waals surface area contributed by atoms with Gasteiger partial charge in [0.2, 0.25) is 0 Å². The van der Waals surface area contributed by atoms with Crippen LogP contribution in [-0.2, 0) is 0 Å². The molecular weight excluding hydrogens is 210 g/mol. The monoisotopic (exact) mass is 226 g/mol. The zero-order chi connectivity index (χ0) is 11.9. The standard InChI is InChI=1S/C12H16F2N2/c1-12(2)6-9(12)11(16-15)8-4-3-7(13)5-10(8)14/h3-5,9,11,16H,6,15H2,1-2H3. The van der Waals surface area contributed by atoms with E-state index >= 15 is 0 Å². The van der Waals surface area contributed by atoms with E-state index in [1.54, 1.807) is 0 Å². The van der Waals surface area contributed by atoms with Gasteiger partial charge < -0.3 is 0 Å². The van der Waals surface area contributed by atoms with Gasteiger partial charge in [-0.25, -0.2) is 8.78 Å². The van der Waals surface area contributed by atoms with Crippen molar-refractivity contribution in [1.82, 2.24) is 5.43 Å². The average molecular weight is 226 g/mol. The van der Waals surface area contributed by atoms with Crippen LogP contribution in [0.25, 0.3) is 0 Å². The largest absolute Gasteiger partial charge is 0.271 e. The summed E-state index contributed by atoms with van der Waals surface area (Å²) in [5, 5.41) is 0. The Hall–Kier alpha value is -1.00. The van der Waals surface area contributed by atoms with E-state index in [0.717, 1.165) is 12.5 Å². The van der Waals surface area contributed by atoms with Crippen molar-refractivity contribution in [2.75, 3.05) is 0 Å². The summed E-state index contributed by atoms with van der Waals surface area (Å²) in [7, 11) is 0. The van der Waals surface area contributed by atoms with Gasteiger partial charge in [-0.15, -0.1) is 0 Å².